The molecule has 2 aromatic rings. The number of thiol groups is 1. The first-order valence-corrected chi connectivity index (χ1v) is 11.9. The third-order valence-corrected chi connectivity index (χ3v) is 6.15. The first kappa shape index (κ1) is 29.2. The van der Waals surface area contributed by atoms with Crippen LogP contribution in [0.1, 0.15) is 56.3 Å². The number of rotatable bonds is 4. The molecule has 0 saturated carbocycles. The van der Waals surface area contributed by atoms with E-state index in [-0.39, 0.29) is 57.1 Å². The Morgan fingerprint density at radius 3 is 2.22 bits per heavy atom. The lowest BCUT2D eigenvalue weighted by Gasteiger charge is -2.29. The van der Waals surface area contributed by atoms with Crippen molar-refractivity contribution in [3.8, 4) is 17.2 Å². The van der Waals surface area contributed by atoms with Gasteiger partial charge in [-0.05, 0) is 25.3 Å². The number of phenolic OH excluding ortho intramolecular Hbond substituents is 2. The molecule has 0 fully saturated rings. The number of benzene rings is 2. The summed E-state index contributed by atoms with van der Waals surface area (Å²) in [6.07, 6.45) is 0.922. The van der Waals surface area contributed by atoms with Crippen LogP contribution in [0.5, 0.6) is 17.2 Å². The fourth-order valence-electron chi connectivity index (χ4n) is 4.42. The maximum absolute atomic E-state index is 13.2. The Hall–Kier alpha value is -3.08. The van der Waals surface area contributed by atoms with Crippen LogP contribution in [-0.4, -0.2) is 73.0 Å². The number of methoxy groups -OCH3 is 2. The van der Waals surface area contributed by atoms with E-state index in [1.165, 1.54) is 13.2 Å². The smallest absolute Gasteiger partial charge is 0.223 e. The average molecular weight is 520 g/mol. The predicted octanol–water partition coefficient (Wildman–Crippen LogP) is 2.29. The van der Waals surface area contributed by atoms with Crippen LogP contribution in [0.25, 0.3) is 0 Å². The molecular formula is C26H33NO8S. The number of carbonyl (C=O) groups excluding carboxylic acids is 3. The number of fused-ring (bicyclic) bond motifs is 3. The number of hydrogen-bond donors (Lipinski definition) is 5. The SMILES string of the molecule is CO.COC.COc1cccc2c1C(=O)c1c(O)c3c(c(O)c1C2=O)C[C@@H](C(=O)NCC(C)S)CC3. The number of ketones is 2. The Bertz CT molecular complexity index is 1150. The summed E-state index contributed by atoms with van der Waals surface area (Å²) in [5, 5.41) is 31.8. The summed E-state index contributed by atoms with van der Waals surface area (Å²) in [4.78, 5) is 39.0. The lowest BCUT2D eigenvalue weighted by atomic mass is 9.75. The highest BCUT2D eigenvalue weighted by Crippen LogP contribution is 2.47. The number of aliphatic hydroxyl groups excluding tert-OH is 1. The Kier molecular flexibility index (Phi) is 10.3. The molecule has 0 spiro atoms. The fourth-order valence-corrected chi connectivity index (χ4v) is 4.51. The molecule has 4 N–H and O–H groups in total. The van der Waals surface area contributed by atoms with Crippen LogP contribution in [0.3, 0.4) is 0 Å². The van der Waals surface area contributed by atoms with Crippen LogP contribution in [0, 0.1) is 5.92 Å². The molecule has 0 radical (unpaired) electrons. The van der Waals surface area contributed by atoms with Crippen molar-refractivity contribution in [1.82, 2.24) is 5.32 Å². The van der Waals surface area contributed by atoms with Gasteiger partial charge in [-0.2, -0.15) is 12.6 Å². The summed E-state index contributed by atoms with van der Waals surface area (Å²) in [5.74, 6) is -2.12. The highest BCUT2D eigenvalue weighted by molar-refractivity contribution is 7.80. The van der Waals surface area contributed by atoms with Crippen LogP contribution < -0.4 is 10.1 Å². The normalized spacial score (nSPS) is 16.1. The first-order chi connectivity index (χ1) is 17.2. The van der Waals surface area contributed by atoms with E-state index in [2.05, 4.69) is 22.7 Å². The van der Waals surface area contributed by atoms with Crippen molar-refractivity contribution in [2.45, 2.75) is 31.4 Å². The topological polar surface area (TPSA) is 142 Å². The molecule has 2 aromatic carbocycles. The minimum absolute atomic E-state index is 0.00462. The van der Waals surface area contributed by atoms with Gasteiger partial charge in [0.15, 0.2) is 5.78 Å². The van der Waals surface area contributed by atoms with Crippen molar-refractivity contribution >= 4 is 30.1 Å². The summed E-state index contributed by atoms with van der Waals surface area (Å²) >= 11 is 4.26. The number of nitrogens with one attached hydrogen (secondary N) is 1. The van der Waals surface area contributed by atoms with Crippen molar-refractivity contribution in [3.05, 3.63) is 51.6 Å². The zero-order valence-electron chi connectivity index (χ0n) is 21.0. The molecule has 0 saturated heterocycles. The molecular weight excluding hydrogens is 486 g/mol. The average Bonchev–Trinajstić information content (AvgIpc) is 2.88. The largest absolute Gasteiger partial charge is 0.507 e. The molecule has 2 aliphatic rings. The molecule has 2 atom stereocenters. The van der Waals surface area contributed by atoms with Gasteiger partial charge in [0.1, 0.15) is 17.2 Å². The van der Waals surface area contributed by atoms with Gasteiger partial charge in [-0.25, -0.2) is 0 Å². The first-order valence-electron chi connectivity index (χ1n) is 11.3. The quantitative estimate of drug-likeness (QED) is 0.261. The van der Waals surface area contributed by atoms with Gasteiger partial charge in [0.2, 0.25) is 11.7 Å². The second-order valence-electron chi connectivity index (χ2n) is 8.39. The highest BCUT2D eigenvalue weighted by Gasteiger charge is 2.41. The number of hydrogen-bond acceptors (Lipinski definition) is 9. The molecule has 36 heavy (non-hydrogen) atoms. The molecule has 4 rings (SSSR count). The second kappa shape index (κ2) is 12.8. The van der Waals surface area contributed by atoms with E-state index in [4.69, 9.17) is 9.84 Å². The van der Waals surface area contributed by atoms with Crippen molar-refractivity contribution in [3.63, 3.8) is 0 Å². The van der Waals surface area contributed by atoms with Crippen LogP contribution in [0.15, 0.2) is 18.2 Å². The van der Waals surface area contributed by atoms with E-state index >= 15 is 0 Å². The third kappa shape index (κ3) is 5.50. The Morgan fingerprint density at radius 2 is 1.64 bits per heavy atom. The second-order valence-corrected chi connectivity index (χ2v) is 9.27. The minimum Gasteiger partial charge on any atom is -0.507 e. The third-order valence-electron chi connectivity index (χ3n) is 5.97. The number of phenols is 2. The van der Waals surface area contributed by atoms with Crippen LogP contribution in [-0.2, 0) is 22.4 Å². The number of amides is 1. The van der Waals surface area contributed by atoms with Gasteiger partial charge in [-0.15, -0.1) is 0 Å². The summed E-state index contributed by atoms with van der Waals surface area (Å²) in [5.41, 5.74) is 0.513. The maximum atomic E-state index is 13.2. The summed E-state index contributed by atoms with van der Waals surface area (Å²) in [6, 6.07) is 4.65. The molecule has 0 aromatic heterocycles. The predicted molar refractivity (Wildman–Crippen MR) is 138 cm³/mol. The fraction of sp³-hybridized carbons (Fsp3) is 0.423. The summed E-state index contributed by atoms with van der Waals surface area (Å²) in [7, 11) is 5.65. The van der Waals surface area contributed by atoms with E-state index in [9.17, 15) is 24.6 Å². The molecule has 0 aliphatic heterocycles. The van der Waals surface area contributed by atoms with Gasteiger partial charge in [0, 0.05) is 55.7 Å². The summed E-state index contributed by atoms with van der Waals surface area (Å²) in [6.45, 7) is 2.28. The number of aliphatic hydroxyl groups is 1. The Balaban J connectivity index is 0.000000850. The molecule has 2 aliphatic carbocycles. The van der Waals surface area contributed by atoms with E-state index in [0.717, 1.165) is 7.11 Å². The number of aromatic hydroxyl groups is 2. The van der Waals surface area contributed by atoms with Gasteiger partial charge in [-0.1, -0.05) is 19.1 Å². The molecule has 0 bridgehead atoms. The molecule has 1 amide bonds. The zero-order valence-corrected chi connectivity index (χ0v) is 21.9. The van der Waals surface area contributed by atoms with Gasteiger partial charge in [-0.3, -0.25) is 14.4 Å². The highest BCUT2D eigenvalue weighted by atomic mass is 32.1. The van der Waals surface area contributed by atoms with Gasteiger partial charge in [0.05, 0.1) is 23.8 Å². The monoisotopic (exact) mass is 519 g/mol. The maximum Gasteiger partial charge on any atom is 0.223 e. The van der Waals surface area contributed by atoms with E-state index < -0.39 is 17.5 Å². The van der Waals surface area contributed by atoms with E-state index in [1.807, 2.05) is 6.92 Å². The van der Waals surface area contributed by atoms with Crippen LogP contribution in [0.2, 0.25) is 0 Å². The molecule has 1 unspecified atom stereocenters. The lowest BCUT2D eigenvalue weighted by molar-refractivity contribution is -0.125. The number of ether oxygens (including phenoxy) is 2. The van der Waals surface area contributed by atoms with Crippen LogP contribution in [0.4, 0.5) is 0 Å². The van der Waals surface area contributed by atoms with Gasteiger partial charge >= 0.3 is 0 Å². The van der Waals surface area contributed by atoms with E-state index in [0.29, 0.717) is 30.5 Å². The van der Waals surface area contributed by atoms with Gasteiger partial charge in [0.25, 0.3) is 0 Å². The van der Waals surface area contributed by atoms with Crippen molar-refractivity contribution in [1.29, 1.82) is 0 Å². The molecule has 9 nitrogen and oxygen atoms in total. The standard InChI is InChI=1S/C23H23NO6S.C2H6O.CH4O/c1-10(31)9-24-23(29)11-6-7-12-14(8-11)21(27)17-18(19(12)25)22(28)16-13(20(17)26)4-3-5-15(16)30-2;1-3-2;1-2/h3-5,10-11,25,27,31H,6-9H2,1-2H3,(H,24,29);1-2H3;2H,1H3/t10?,11-;;/m0../s1. The summed E-state index contributed by atoms with van der Waals surface area (Å²) < 4.78 is 9.49. The molecule has 196 valence electrons. The van der Waals surface area contributed by atoms with Gasteiger partial charge < -0.3 is 30.1 Å². The number of carbonyl (C=O) groups is 3. The zero-order chi connectivity index (χ0) is 27.2. The lowest BCUT2D eigenvalue weighted by Crippen LogP contribution is -2.37. The van der Waals surface area contributed by atoms with Crippen LogP contribution >= 0.6 is 12.6 Å². The molecule has 10 heteroatoms. The van der Waals surface area contributed by atoms with Crippen molar-refractivity contribution < 1.29 is 39.2 Å². The van der Waals surface area contributed by atoms with E-state index in [1.54, 1.807) is 26.4 Å². The Labute approximate surface area is 215 Å². The van der Waals surface area contributed by atoms with Crippen molar-refractivity contribution in [2.24, 2.45) is 5.92 Å². The van der Waals surface area contributed by atoms with Crippen molar-refractivity contribution in [2.75, 3.05) is 35.0 Å². The molecule has 0 heterocycles. The Morgan fingerprint density at radius 1 is 1.06 bits per heavy atom. The minimum atomic E-state index is -0.569.